The van der Waals surface area contributed by atoms with Gasteiger partial charge in [0.25, 0.3) is 0 Å². The molecule has 0 amide bonds. The van der Waals surface area contributed by atoms with Crippen molar-refractivity contribution in [2.75, 3.05) is 7.11 Å². The lowest BCUT2D eigenvalue weighted by atomic mass is 9.99. The molecule has 0 aliphatic rings. The summed E-state index contributed by atoms with van der Waals surface area (Å²) >= 11 is 0. The van der Waals surface area contributed by atoms with Crippen molar-refractivity contribution in [2.45, 2.75) is 0 Å². The van der Waals surface area contributed by atoms with Crippen LogP contribution in [0, 0.1) is 0 Å². The first-order valence-electron chi connectivity index (χ1n) is 7.52. The second kappa shape index (κ2) is 5.61. The summed E-state index contributed by atoms with van der Waals surface area (Å²) in [6.45, 7) is 0. The van der Waals surface area contributed by atoms with Crippen molar-refractivity contribution in [1.29, 1.82) is 0 Å². The molecule has 112 valence electrons. The Labute approximate surface area is 134 Å². The number of para-hydroxylation sites is 1. The van der Waals surface area contributed by atoms with Crippen LogP contribution >= 0.6 is 0 Å². The molecule has 2 aromatic heterocycles. The van der Waals surface area contributed by atoms with Crippen LogP contribution in [0.2, 0.25) is 0 Å². The Morgan fingerprint density at radius 1 is 0.826 bits per heavy atom. The van der Waals surface area contributed by atoms with E-state index in [1.165, 1.54) is 10.9 Å². The van der Waals surface area contributed by atoms with Crippen molar-refractivity contribution in [3.63, 3.8) is 0 Å². The van der Waals surface area contributed by atoms with Gasteiger partial charge in [0.1, 0.15) is 5.75 Å². The molecular formula is C20H16N2O. The Hall–Kier alpha value is -3.07. The van der Waals surface area contributed by atoms with Crippen molar-refractivity contribution in [2.24, 2.45) is 0 Å². The second-order valence-corrected chi connectivity index (χ2v) is 5.38. The van der Waals surface area contributed by atoms with E-state index in [1.807, 2.05) is 42.7 Å². The molecule has 0 bridgehead atoms. The van der Waals surface area contributed by atoms with Gasteiger partial charge in [0.15, 0.2) is 0 Å². The normalized spacial score (nSPS) is 10.8. The van der Waals surface area contributed by atoms with Crippen LogP contribution in [0.1, 0.15) is 0 Å². The first-order chi connectivity index (χ1) is 11.4. The van der Waals surface area contributed by atoms with Gasteiger partial charge < -0.3 is 9.72 Å². The average Bonchev–Trinajstić information content (AvgIpc) is 3.02. The molecule has 0 spiro atoms. The summed E-state index contributed by atoms with van der Waals surface area (Å²) in [5.41, 5.74) is 5.73. The van der Waals surface area contributed by atoms with Gasteiger partial charge in [-0.2, -0.15) is 0 Å². The van der Waals surface area contributed by atoms with E-state index in [4.69, 9.17) is 4.74 Å². The highest BCUT2D eigenvalue weighted by Gasteiger charge is 2.14. The highest BCUT2D eigenvalue weighted by atomic mass is 16.5. The minimum absolute atomic E-state index is 0.857. The summed E-state index contributed by atoms with van der Waals surface area (Å²) in [6, 6.07) is 20.6. The third-order valence-electron chi connectivity index (χ3n) is 4.05. The molecule has 0 fully saturated rings. The second-order valence-electron chi connectivity index (χ2n) is 5.38. The number of nitrogens with zero attached hydrogens (tertiary/aromatic N) is 1. The molecule has 0 atom stereocenters. The summed E-state index contributed by atoms with van der Waals surface area (Å²) in [4.78, 5) is 7.69. The van der Waals surface area contributed by atoms with Gasteiger partial charge in [-0.05, 0) is 53.6 Å². The average molecular weight is 300 g/mol. The number of hydrogen-bond acceptors (Lipinski definition) is 2. The Morgan fingerprint density at radius 3 is 2.30 bits per heavy atom. The largest absolute Gasteiger partial charge is 0.497 e. The molecule has 3 nitrogen and oxygen atoms in total. The van der Waals surface area contributed by atoms with E-state index in [9.17, 15) is 0 Å². The highest BCUT2D eigenvalue weighted by molar-refractivity contribution is 6.03. The zero-order valence-corrected chi connectivity index (χ0v) is 12.8. The Kier molecular flexibility index (Phi) is 3.31. The fraction of sp³-hybridized carbons (Fsp3) is 0.0500. The topological polar surface area (TPSA) is 37.9 Å². The van der Waals surface area contributed by atoms with Crippen LogP contribution in [0.15, 0.2) is 73.1 Å². The quantitative estimate of drug-likeness (QED) is 0.584. The highest BCUT2D eigenvalue weighted by Crippen LogP contribution is 2.38. The first-order valence-corrected chi connectivity index (χ1v) is 7.52. The number of aromatic amines is 1. The van der Waals surface area contributed by atoms with Crippen molar-refractivity contribution in [3.05, 3.63) is 73.1 Å². The molecule has 4 rings (SSSR count). The van der Waals surface area contributed by atoms with Crippen molar-refractivity contribution in [3.8, 4) is 28.1 Å². The first kappa shape index (κ1) is 13.6. The number of methoxy groups -OCH3 is 1. The Bertz CT molecular complexity index is 940. The fourth-order valence-corrected chi connectivity index (χ4v) is 2.93. The number of benzene rings is 2. The third-order valence-corrected chi connectivity index (χ3v) is 4.05. The summed E-state index contributed by atoms with van der Waals surface area (Å²) < 4.78 is 5.26. The maximum atomic E-state index is 5.26. The number of H-pyrrole nitrogens is 1. The minimum Gasteiger partial charge on any atom is -0.497 e. The zero-order chi connectivity index (χ0) is 15.6. The molecule has 0 radical (unpaired) electrons. The van der Waals surface area contributed by atoms with Crippen molar-refractivity contribution >= 4 is 10.9 Å². The fourth-order valence-electron chi connectivity index (χ4n) is 2.93. The number of ether oxygens (including phenoxy) is 1. The van der Waals surface area contributed by atoms with Crippen molar-refractivity contribution < 1.29 is 4.74 Å². The number of nitrogens with one attached hydrogen (secondary N) is 1. The number of pyridine rings is 1. The molecule has 2 aromatic carbocycles. The predicted octanol–water partition coefficient (Wildman–Crippen LogP) is 4.91. The lowest BCUT2D eigenvalue weighted by Crippen LogP contribution is -1.85. The standard InChI is InChI=1S/C20H16N2O/c1-23-16-8-6-15(7-9-16)20-19(14-10-12-21-13-11-14)17-4-2-3-5-18(17)22-20/h2-13,22H,1H3. The third kappa shape index (κ3) is 2.36. The van der Waals surface area contributed by atoms with Gasteiger partial charge in [0.2, 0.25) is 0 Å². The van der Waals surface area contributed by atoms with Gasteiger partial charge in [-0.25, -0.2) is 0 Å². The van der Waals surface area contributed by atoms with Gasteiger partial charge >= 0.3 is 0 Å². The van der Waals surface area contributed by atoms with E-state index in [0.29, 0.717) is 0 Å². The van der Waals surface area contributed by atoms with E-state index in [-0.39, 0.29) is 0 Å². The van der Waals surface area contributed by atoms with Crippen LogP contribution in [0.3, 0.4) is 0 Å². The SMILES string of the molecule is COc1ccc(-c2[nH]c3ccccc3c2-c2ccncc2)cc1. The van der Waals surface area contributed by atoms with Crippen LogP contribution in [0.4, 0.5) is 0 Å². The predicted molar refractivity (Wildman–Crippen MR) is 93.5 cm³/mol. The van der Waals surface area contributed by atoms with Gasteiger partial charge in [-0.1, -0.05) is 18.2 Å². The lowest BCUT2D eigenvalue weighted by Gasteiger charge is -2.06. The van der Waals surface area contributed by atoms with Gasteiger partial charge in [-0.15, -0.1) is 0 Å². The molecule has 4 aromatic rings. The lowest BCUT2D eigenvalue weighted by molar-refractivity contribution is 0.415. The number of rotatable bonds is 3. The summed E-state index contributed by atoms with van der Waals surface area (Å²) in [6.07, 6.45) is 3.66. The molecule has 0 aliphatic carbocycles. The summed E-state index contributed by atoms with van der Waals surface area (Å²) in [7, 11) is 1.68. The number of aromatic nitrogens is 2. The van der Waals surface area contributed by atoms with Crippen LogP contribution in [0.25, 0.3) is 33.3 Å². The van der Waals surface area contributed by atoms with E-state index in [0.717, 1.165) is 28.1 Å². The maximum absolute atomic E-state index is 5.26. The number of fused-ring (bicyclic) bond motifs is 1. The molecule has 2 heterocycles. The van der Waals surface area contributed by atoms with Crippen LogP contribution < -0.4 is 4.74 Å². The molecule has 23 heavy (non-hydrogen) atoms. The van der Waals surface area contributed by atoms with E-state index in [2.05, 4.69) is 40.3 Å². The smallest absolute Gasteiger partial charge is 0.118 e. The van der Waals surface area contributed by atoms with Crippen LogP contribution in [-0.2, 0) is 0 Å². The van der Waals surface area contributed by atoms with Gasteiger partial charge in [0, 0.05) is 28.9 Å². The zero-order valence-electron chi connectivity index (χ0n) is 12.8. The number of hydrogen-bond donors (Lipinski definition) is 1. The molecule has 0 saturated carbocycles. The molecule has 0 unspecified atom stereocenters. The monoisotopic (exact) mass is 300 g/mol. The minimum atomic E-state index is 0.857. The van der Waals surface area contributed by atoms with Crippen molar-refractivity contribution in [1.82, 2.24) is 9.97 Å². The summed E-state index contributed by atoms with van der Waals surface area (Å²) in [5, 5.41) is 1.21. The van der Waals surface area contributed by atoms with E-state index >= 15 is 0 Å². The molecular weight excluding hydrogens is 284 g/mol. The Morgan fingerprint density at radius 2 is 1.57 bits per heavy atom. The molecule has 3 heteroatoms. The van der Waals surface area contributed by atoms with E-state index in [1.54, 1.807) is 7.11 Å². The Balaban J connectivity index is 1.98. The molecule has 0 saturated heterocycles. The molecule has 1 N–H and O–H groups in total. The van der Waals surface area contributed by atoms with Gasteiger partial charge in [-0.3, -0.25) is 4.98 Å². The van der Waals surface area contributed by atoms with E-state index < -0.39 is 0 Å². The van der Waals surface area contributed by atoms with Crippen LogP contribution in [0.5, 0.6) is 5.75 Å². The molecule has 0 aliphatic heterocycles. The van der Waals surface area contributed by atoms with Crippen LogP contribution in [-0.4, -0.2) is 17.1 Å². The van der Waals surface area contributed by atoms with Gasteiger partial charge in [0.05, 0.1) is 12.8 Å². The summed E-state index contributed by atoms with van der Waals surface area (Å²) in [5.74, 6) is 0.857. The maximum Gasteiger partial charge on any atom is 0.118 e.